The lowest BCUT2D eigenvalue weighted by Crippen LogP contribution is -2.21. The molecule has 2 heteroatoms. The Morgan fingerprint density at radius 1 is 1.50 bits per heavy atom. The van der Waals surface area contributed by atoms with Crippen molar-refractivity contribution >= 4 is 5.78 Å². The molecule has 0 aromatic rings. The van der Waals surface area contributed by atoms with Gasteiger partial charge in [-0.25, -0.2) is 0 Å². The predicted molar refractivity (Wildman–Crippen MR) is 44.9 cm³/mol. The zero-order chi connectivity index (χ0) is 8.57. The van der Waals surface area contributed by atoms with Crippen LogP contribution in [0.4, 0.5) is 0 Å². The maximum Gasteiger partial charge on any atom is 0.131 e. The molecule has 10 heavy (non-hydrogen) atoms. The van der Waals surface area contributed by atoms with Gasteiger partial charge in [-0.15, -0.1) is 0 Å². The molecule has 0 bridgehead atoms. The number of rotatable bonds is 3. The molecule has 1 atom stereocenters. The van der Waals surface area contributed by atoms with Gasteiger partial charge in [0.25, 0.3) is 0 Å². The fourth-order valence-corrected chi connectivity index (χ4v) is 0.514. The van der Waals surface area contributed by atoms with Crippen molar-refractivity contribution in [3.63, 3.8) is 0 Å². The first-order chi connectivity index (χ1) is 4.66. The van der Waals surface area contributed by atoms with Gasteiger partial charge in [0.05, 0.1) is 0 Å². The largest absolute Gasteiger partial charge is 0.327 e. The summed E-state index contributed by atoms with van der Waals surface area (Å²) in [6.45, 7) is 7.54. The summed E-state index contributed by atoms with van der Waals surface area (Å²) >= 11 is 0. The second-order valence-electron chi connectivity index (χ2n) is 2.07. The van der Waals surface area contributed by atoms with E-state index in [1.807, 2.05) is 20.8 Å². The summed E-state index contributed by atoms with van der Waals surface area (Å²) in [4.78, 5) is 10.3. The lowest BCUT2D eigenvalue weighted by Gasteiger charge is -2.02. The molecule has 0 aromatic carbocycles. The van der Waals surface area contributed by atoms with Crippen molar-refractivity contribution < 1.29 is 4.79 Å². The number of hydrogen-bond acceptors (Lipinski definition) is 2. The molecule has 0 rings (SSSR count). The Labute approximate surface area is 63.8 Å². The van der Waals surface area contributed by atoms with E-state index in [9.17, 15) is 4.79 Å². The maximum atomic E-state index is 10.3. The first kappa shape index (κ1) is 12.3. The molecule has 2 nitrogen and oxygen atoms in total. The monoisotopic (exact) mass is 145 g/mol. The SMILES string of the molecule is CC.CCC(N)CC(C)=O. The van der Waals surface area contributed by atoms with Crippen molar-refractivity contribution in [3.8, 4) is 0 Å². The van der Waals surface area contributed by atoms with Gasteiger partial charge in [-0.1, -0.05) is 20.8 Å². The molecular formula is C8H19NO. The number of ketones is 1. The van der Waals surface area contributed by atoms with Crippen molar-refractivity contribution in [2.45, 2.75) is 46.6 Å². The van der Waals surface area contributed by atoms with Gasteiger partial charge in [0.1, 0.15) is 5.78 Å². The average molecular weight is 145 g/mol. The van der Waals surface area contributed by atoms with E-state index in [2.05, 4.69) is 0 Å². The molecule has 0 radical (unpaired) electrons. The van der Waals surface area contributed by atoms with Crippen LogP contribution in [0.15, 0.2) is 0 Å². The molecule has 2 N–H and O–H groups in total. The summed E-state index contributed by atoms with van der Waals surface area (Å²) in [5.41, 5.74) is 5.45. The molecule has 0 aromatic heterocycles. The van der Waals surface area contributed by atoms with Gasteiger partial charge in [-0.2, -0.15) is 0 Å². The van der Waals surface area contributed by atoms with E-state index in [4.69, 9.17) is 5.73 Å². The third-order valence-corrected chi connectivity index (χ3v) is 1.07. The van der Waals surface area contributed by atoms with Crippen molar-refractivity contribution in [1.82, 2.24) is 0 Å². The lowest BCUT2D eigenvalue weighted by atomic mass is 10.1. The molecule has 1 unspecified atom stereocenters. The highest BCUT2D eigenvalue weighted by molar-refractivity contribution is 5.76. The molecule has 0 aliphatic rings. The second kappa shape index (κ2) is 8.63. The van der Waals surface area contributed by atoms with E-state index >= 15 is 0 Å². The number of carbonyl (C=O) groups excluding carboxylic acids is 1. The van der Waals surface area contributed by atoms with Crippen LogP contribution in [-0.4, -0.2) is 11.8 Å². The summed E-state index contributed by atoms with van der Waals surface area (Å²) < 4.78 is 0. The zero-order valence-corrected chi connectivity index (χ0v) is 7.48. The van der Waals surface area contributed by atoms with E-state index in [0.29, 0.717) is 6.42 Å². The van der Waals surface area contributed by atoms with Crippen LogP contribution in [0.1, 0.15) is 40.5 Å². The Bertz CT molecular complexity index is 81.3. The molecule has 62 valence electrons. The fraction of sp³-hybridized carbons (Fsp3) is 0.875. The Balaban J connectivity index is 0. The van der Waals surface area contributed by atoms with Crippen LogP contribution in [0.5, 0.6) is 0 Å². The Morgan fingerprint density at radius 2 is 1.90 bits per heavy atom. The zero-order valence-electron chi connectivity index (χ0n) is 7.48. The Kier molecular flexibility index (Phi) is 10.6. The Morgan fingerprint density at radius 3 is 2.00 bits per heavy atom. The number of hydrogen-bond donors (Lipinski definition) is 1. The molecule has 0 heterocycles. The van der Waals surface area contributed by atoms with E-state index in [1.54, 1.807) is 6.92 Å². The highest BCUT2D eigenvalue weighted by atomic mass is 16.1. The fourth-order valence-electron chi connectivity index (χ4n) is 0.514. The minimum absolute atomic E-state index is 0.0764. The van der Waals surface area contributed by atoms with Gasteiger partial charge in [-0.05, 0) is 13.3 Å². The molecule has 0 saturated carbocycles. The normalized spacial score (nSPS) is 11.3. The molecule has 0 spiro atoms. The van der Waals surface area contributed by atoms with E-state index in [-0.39, 0.29) is 11.8 Å². The Hall–Kier alpha value is -0.370. The summed E-state index contributed by atoms with van der Waals surface area (Å²) in [6, 6.07) is 0.0764. The summed E-state index contributed by atoms with van der Waals surface area (Å²) in [5.74, 6) is 0.180. The van der Waals surface area contributed by atoms with Crippen LogP contribution in [0.3, 0.4) is 0 Å². The topological polar surface area (TPSA) is 43.1 Å². The smallest absolute Gasteiger partial charge is 0.131 e. The van der Waals surface area contributed by atoms with Crippen molar-refractivity contribution in [1.29, 1.82) is 0 Å². The van der Waals surface area contributed by atoms with Crippen LogP contribution in [-0.2, 0) is 4.79 Å². The van der Waals surface area contributed by atoms with E-state index in [0.717, 1.165) is 6.42 Å². The van der Waals surface area contributed by atoms with Gasteiger partial charge in [0, 0.05) is 12.5 Å². The summed E-state index contributed by atoms with van der Waals surface area (Å²) in [5, 5.41) is 0. The van der Waals surface area contributed by atoms with Gasteiger partial charge in [0.15, 0.2) is 0 Å². The quantitative estimate of drug-likeness (QED) is 0.657. The number of nitrogens with two attached hydrogens (primary N) is 1. The van der Waals surface area contributed by atoms with Gasteiger partial charge in [-0.3, -0.25) is 4.79 Å². The highest BCUT2D eigenvalue weighted by Gasteiger charge is 2.00. The van der Waals surface area contributed by atoms with E-state index < -0.39 is 0 Å². The van der Waals surface area contributed by atoms with Crippen molar-refractivity contribution in [2.75, 3.05) is 0 Å². The first-order valence-electron chi connectivity index (χ1n) is 3.91. The number of carbonyl (C=O) groups is 1. The van der Waals surface area contributed by atoms with Crippen LogP contribution in [0.2, 0.25) is 0 Å². The van der Waals surface area contributed by atoms with Gasteiger partial charge >= 0.3 is 0 Å². The first-order valence-corrected chi connectivity index (χ1v) is 3.91. The third-order valence-electron chi connectivity index (χ3n) is 1.07. The van der Waals surface area contributed by atoms with Crippen molar-refractivity contribution in [3.05, 3.63) is 0 Å². The van der Waals surface area contributed by atoms with Crippen LogP contribution >= 0.6 is 0 Å². The van der Waals surface area contributed by atoms with Gasteiger partial charge < -0.3 is 5.73 Å². The second-order valence-corrected chi connectivity index (χ2v) is 2.07. The van der Waals surface area contributed by atoms with Gasteiger partial charge in [0.2, 0.25) is 0 Å². The molecule has 0 fully saturated rings. The highest BCUT2D eigenvalue weighted by Crippen LogP contribution is 1.92. The van der Waals surface area contributed by atoms with Crippen LogP contribution in [0.25, 0.3) is 0 Å². The molecular weight excluding hydrogens is 126 g/mol. The standard InChI is InChI=1S/C6H13NO.C2H6/c1-3-6(7)4-5(2)8;1-2/h6H,3-4,7H2,1-2H3;1-2H3. The molecule has 0 amide bonds. The average Bonchev–Trinajstić information content (AvgIpc) is 1.91. The lowest BCUT2D eigenvalue weighted by molar-refractivity contribution is -0.117. The predicted octanol–water partition coefficient (Wildman–Crippen LogP) is 1.73. The maximum absolute atomic E-state index is 10.3. The third kappa shape index (κ3) is 10.6. The summed E-state index contributed by atoms with van der Waals surface area (Å²) in [6.07, 6.45) is 1.41. The van der Waals surface area contributed by atoms with Crippen molar-refractivity contribution in [2.24, 2.45) is 5.73 Å². The van der Waals surface area contributed by atoms with E-state index in [1.165, 1.54) is 0 Å². The summed E-state index contributed by atoms with van der Waals surface area (Å²) in [7, 11) is 0. The number of Topliss-reactive ketones (excluding diaryl/α,β-unsaturated/α-hetero) is 1. The minimum atomic E-state index is 0.0764. The molecule has 0 aliphatic heterocycles. The molecule has 0 saturated heterocycles. The molecule has 0 aliphatic carbocycles. The minimum Gasteiger partial charge on any atom is -0.327 e. The van der Waals surface area contributed by atoms with Crippen LogP contribution in [0, 0.1) is 0 Å². The van der Waals surface area contributed by atoms with Crippen LogP contribution < -0.4 is 5.73 Å².